The summed E-state index contributed by atoms with van der Waals surface area (Å²) < 4.78 is 0. The van der Waals surface area contributed by atoms with Gasteiger partial charge in [-0.2, -0.15) is 0 Å². The number of halogens is 1. The average Bonchev–Trinajstić information content (AvgIpc) is 2.99. The minimum absolute atomic E-state index is 0.196. The fraction of sp³-hybridized carbons (Fsp3) is 0.250. The molecule has 6 heteroatoms. The number of anilines is 1. The van der Waals surface area contributed by atoms with Gasteiger partial charge in [0.1, 0.15) is 5.70 Å². The lowest BCUT2D eigenvalue weighted by molar-refractivity contribution is -0.136. The molecule has 2 aliphatic heterocycles. The summed E-state index contributed by atoms with van der Waals surface area (Å²) in [6, 6.07) is 15.5. The molecule has 5 nitrogen and oxygen atoms in total. The molecule has 2 aromatic carbocycles. The SMILES string of the molecule is C=CCN1C(=O)C(c2ccc(Cl)cc2)=C(N2CCN(c3cccc(C)c3)CC2)C1=O. The highest BCUT2D eigenvalue weighted by Gasteiger charge is 2.41. The first kappa shape index (κ1) is 20.2. The van der Waals surface area contributed by atoms with Crippen LogP contribution in [0.2, 0.25) is 5.02 Å². The van der Waals surface area contributed by atoms with Gasteiger partial charge in [-0.15, -0.1) is 6.58 Å². The van der Waals surface area contributed by atoms with E-state index in [4.69, 9.17) is 11.6 Å². The van der Waals surface area contributed by atoms with Crippen LogP contribution >= 0.6 is 11.6 Å². The van der Waals surface area contributed by atoms with Crippen LogP contribution < -0.4 is 4.90 Å². The topological polar surface area (TPSA) is 43.9 Å². The number of piperazine rings is 1. The van der Waals surface area contributed by atoms with E-state index in [1.54, 1.807) is 30.3 Å². The molecule has 0 unspecified atom stereocenters. The largest absolute Gasteiger partial charge is 0.368 e. The molecule has 2 aromatic rings. The molecule has 2 heterocycles. The van der Waals surface area contributed by atoms with Crippen LogP contribution in [0.5, 0.6) is 0 Å². The molecule has 0 radical (unpaired) electrons. The number of hydrogen-bond acceptors (Lipinski definition) is 4. The normalized spacial score (nSPS) is 17.2. The molecular formula is C24H24ClN3O2. The molecule has 2 aliphatic rings. The van der Waals surface area contributed by atoms with Crippen molar-refractivity contribution < 1.29 is 9.59 Å². The van der Waals surface area contributed by atoms with Gasteiger partial charge < -0.3 is 9.80 Å². The Bertz CT molecular complexity index is 1020. The Morgan fingerprint density at radius 3 is 2.27 bits per heavy atom. The number of carbonyl (C=O) groups excluding carboxylic acids is 2. The summed E-state index contributed by atoms with van der Waals surface area (Å²) in [6.45, 7) is 8.87. The van der Waals surface area contributed by atoms with Crippen LogP contribution in [0.3, 0.4) is 0 Å². The zero-order valence-corrected chi connectivity index (χ0v) is 17.7. The van der Waals surface area contributed by atoms with Crippen molar-refractivity contribution in [2.24, 2.45) is 0 Å². The predicted molar refractivity (Wildman–Crippen MR) is 120 cm³/mol. The zero-order chi connectivity index (χ0) is 21.3. The van der Waals surface area contributed by atoms with Crippen LogP contribution in [0.4, 0.5) is 5.69 Å². The number of aryl methyl sites for hydroxylation is 1. The van der Waals surface area contributed by atoms with Crippen molar-refractivity contribution in [1.82, 2.24) is 9.80 Å². The molecule has 1 saturated heterocycles. The standard InChI is InChI=1S/C24H24ClN3O2/c1-3-11-28-23(29)21(18-7-9-19(25)10-8-18)22(24(28)30)27-14-12-26(13-15-27)20-6-4-5-17(2)16-20/h3-10,16H,1,11-15H2,2H3. The lowest BCUT2D eigenvalue weighted by atomic mass is 10.0. The van der Waals surface area contributed by atoms with Crippen LogP contribution in [0.1, 0.15) is 11.1 Å². The van der Waals surface area contributed by atoms with Gasteiger partial charge in [0.25, 0.3) is 11.8 Å². The molecule has 154 valence electrons. The molecule has 0 aromatic heterocycles. The summed E-state index contributed by atoms with van der Waals surface area (Å²) in [7, 11) is 0. The smallest absolute Gasteiger partial charge is 0.278 e. The Labute approximate surface area is 181 Å². The molecule has 0 bridgehead atoms. The highest BCUT2D eigenvalue weighted by Crippen LogP contribution is 2.33. The number of benzene rings is 2. The van der Waals surface area contributed by atoms with Gasteiger partial charge in [-0.25, -0.2) is 0 Å². The Balaban J connectivity index is 1.64. The third-order valence-electron chi connectivity index (χ3n) is 5.55. The highest BCUT2D eigenvalue weighted by molar-refractivity contribution is 6.36. The summed E-state index contributed by atoms with van der Waals surface area (Å²) in [5.74, 6) is -0.535. The first-order valence-corrected chi connectivity index (χ1v) is 10.4. The van der Waals surface area contributed by atoms with E-state index in [2.05, 4.69) is 42.7 Å². The van der Waals surface area contributed by atoms with Crippen LogP contribution in [0.15, 0.2) is 66.9 Å². The van der Waals surface area contributed by atoms with Crippen LogP contribution in [-0.2, 0) is 9.59 Å². The number of carbonyl (C=O) groups is 2. The number of amides is 2. The molecule has 2 amide bonds. The maximum Gasteiger partial charge on any atom is 0.278 e. The van der Waals surface area contributed by atoms with E-state index < -0.39 is 0 Å². The van der Waals surface area contributed by atoms with Crippen molar-refractivity contribution in [3.8, 4) is 0 Å². The summed E-state index contributed by atoms with van der Waals surface area (Å²) >= 11 is 6.02. The Kier molecular flexibility index (Phi) is 5.64. The lowest BCUT2D eigenvalue weighted by Crippen LogP contribution is -2.47. The molecule has 4 rings (SSSR count). The van der Waals surface area contributed by atoms with Crippen LogP contribution in [-0.4, -0.2) is 54.3 Å². The summed E-state index contributed by atoms with van der Waals surface area (Å²) in [4.78, 5) is 31.9. The maximum absolute atomic E-state index is 13.2. The molecule has 0 saturated carbocycles. The van der Waals surface area contributed by atoms with E-state index in [1.165, 1.54) is 16.2 Å². The summed E-state index contributed by atoms with van der Waals surface area (Å²) in [5.41, 5.74) is 4.04. The monoisotopic (exact) mass is 421 g/mol. The van der Waals surface area contributed by atoms with Crippen molar-refractivity contribution in [3.63, 3.8) is 0 Å². The first-order chi connectivity index (χ1) is 14.5. The molecule has 0 aliphatic carbocycles. The van der Waals surface area contributed by atoms with E-state index >= 15 is 0 Å². The minimum atomic E-state index is -0.279. The number of rotatable bonds is 5. The second kappa shape index (κ2) is 8.36. The minimum Gasteiger partial charge on any atom is -0.368 e. The lowest BCUT2D eigenvalue weighted by Gasteiger charge is -2.37. The van der Waals surface area contributed by atoms with Gasteiger partial charge in [0.15, 0.2) is 0 Å². The summed E-state index contributed by atoms with van der Waals surface area (Å²) in [6.07, 6.45) is 1.58. The van der Waals surface area contributed by atoms with E-state index in [1.807, 2.05) is 4.90 Å². The van der Waals surface area contributed by atoms with Crippen molar-refractivity contribution in [2.45, 2.75) is 6.92 Å². The van der Waals surface area contributed by atoms with Crippen molar-refractivity contribution in [1.29, 1.82) is 0 Å². The van der Waals surface area contributed by atoms with E-state index in [0.29, 0.717) is 34.9 Å². The van der Waals surface area contributed by atoms with E-state index in [9.17, 15) is 9.59 Å². The number of nitrogens with zero attached hydrogens (tertiary/aromatic N) is 3. The Morgan fingerprint density at radius 1 is 0.967 bits per heavy atom. The molecule has 0 spiro atoms. The summed E-state index contributed by atoms with van der Waals surface area (Å²) in [5, 5.41) is 0.590. The van der Waals surface area contributed by atoms with Crippen molar-refractivity contribution in [3.05, 3.63) is 83.0 Å². The third kappa shape index (κ3) is 3.73. The maximum atomic E-state index is 13.2. The first-order valence-electron chi connectivity index (χ1n) is 10.0. The van der Waals surface area contributed by atoms with Gasteiger partial charge >= 0.3 is 0 Å². The zero-order valence-electron chi connectivity index (χ0n) is 17.0. The van der Waals surface area contributed by atoms with Gasteiger partial charge in [-0.1, -0.05) is 41.9 Å². The van der Waals surface area contributed by atoms with Gasteiger partial charge in [-0.3, -0.25) is 14.5 Å². The van der Waals surface area contributed by atoms with Crippen molar-refractivity contribution in [2.75, 3.05) is 37.6 Å². The molecule has 30 heavy (non-hydrogen) atoms. The molecule has 0 N–H and O–H groups in total. The van der Waals surface area contributed by atoms with Gasteiger partial charge in [0, 0.05) is 43.4 Å². The second-order valence-corrected chi connectivity index (χ2v) is 7.99. The quantitative estimate of drug-likeness (QED) is 0.545. The second-order valence-electron chi connectivity index (χ2n) is 7.55. The van der Waals surface area contributed by atoms with Gasteiger partial charge in [0.05, 0.1) is 5.57 Å². The van der Waals surface area contributed by atoms with Crippen LogP contribution in [0.25, 0.3) is 5.57 Å². The predicted octanol–water partition coefficient (Wildman–Crippen LogP) is 3.74. The number of imide groups is 1. The average molecular weight is 422 g/mol. The van der Waals surface area contributed by atoms with Crippen molar-refractivity contribution >= 4 is 34.7 Å². The van der Waals surface area contributed by atoms with E-state index in [0.717, 1.165) is 13.1 Å². The molecule has 1 fully saturated rings. The molecular weight excluding hydrogens is 398 g/mol. The highest BCUT2D eigenvalue weighted by atomic mass is 35.5. The third-order valence-corrected chi connectivity index (χ3v) is 5.80. The Morgan fingerprint density at radius 2 is 1.63 bits per heavy atom. The van der Waals surface area contributed by atoms with Gasteiger partial charge in [-0.05, 0) is 42.3 Å². The fourth-order valence-corrected chi connectivity index (χ4v) is 4.17. The van der Waals surface area contributed by atoms with E-state index in [-0.39, 0.29) is 18.4 Å². The number of hydrogen-bond donors (Lipinski definition) is 0. The van der Waals surface area contributed by atoms with Crippen LogP contribution in [0, 0.1) is 6.92 Å². The fourth-order valence-electron chi connectivity index (χ4n) is 4.04. The Hall–Kier alpha value is -3.05. The molecule has 0 atom stereocenters. The van der Waals surface area contributed by atoms with Gasteiger partial charge in [0.2, 0.25) is 0 Å².